The van der Waals surface area contributed by atoms with Gasteiger partial charge in [0, 0.05) is 21.9 Å². The van der Waals surface area contributed by atoms with Crippen LogP contribution in [-0.4, -0.2) is 10.8 Å². The monoisotopic (exact) mass is 297 g/mol. The van der Waals surface area contributed by atoms with Crippen molar-refractivity contribution in [2.45, 2.75) is 19.3 Å². The minimum atomic E-state index is 0.136. The summed E-state index contributed by atoms with van der Waals surface area (Å²) in [6.07, 6.45) is 2.44. The molecular formula is C13H9Cl2NOS. The number of carbonyl (C=O) groups excluding carboxylic acids is 1. The van der Waals surface area contributed by atoms with E-state index in [4.69, 9.17) is 23.2 Å². The minimum absolute atomic E-state index is 0.136. The Morgan fingerprint density at radius 1 is 1.22 bits per heavy atom. The van der Waals surface area contributed by atoms with Crippen LogP contribution in [0.25, 0.3) is 10.6 Å². The number of rotatable bonds is 1. The molecule has 0 amide bonds. The number of fused-ring (bicyclic) bond motifs is 1. The van der Waals surface area contributed by atoms with Gasteiger partial charge in [0.15, 0.2) is 5.78 Å². The fourth-order valence-electron chi connectivity index (χ4n) is 2.04. The van der Waals surface area contributed by atoms with E-state index in [1.54, 1.807) is 29.5 Å². The summed E-state index contributed by atoms with van der Waals surface area (Å²) in [7, 11) is 0. The molecule has 0 N–H and O–H groups in total. The van der Waals surface area contributed by atoms with E-state index in [0.29, 0.717) is 22.2 Å². The maximum absolute atomic E-state index is 11.8. The van der Waals surface area contributed by atoms with Crippen LogP contribution in [0.15, 0.2) is 18.2 Å². The van der Waals surface area contributed by atoms with Gasteiger partial charge in [-0.25, -0.2) is 4.98 Å². The molecule has 2 aromatic rings. The summed E-state index contributed by atoms with van der Waals surface area (Å²) in [6, 6.07) is 5.28. The SMILES string of the molecule is O=C1CCCc2sc(-c3cc(Cl)ccc3Cl)nc21. The zero-order chi connectivity index (χ0) is 12.7. The molecule has 92 valence electrons. The number of hydrogen-bond donors (Lipinski definition) is 0. The molecule has 1 heterocycles. The molecular weight excluding hydrogens is 289 g/mol. The van der Waals surface area contributed by atoms with Crippen molar-refractivity contribution < 1.29 is 4.79 Å². The molecule has 5 heteroatoms. The highest BCUT2D eigenvalue weighted by Crippen LogP contribution is 2.36. The van der Waals surface area contributed by atoms with Crippen molar-refractivity contribution in [1.29, 1.82) is 0 Å². The number of thiazole rings is 1. The van der Waals surface area contributed by atoms with E-state index in [0.717, 1.165) is 28.3 Å². The van der Waals surface area contributed by atoms with Gasteiger partial charge in [0.1, 0.15) is 10.7 Å². The van der Waals surface area contributed by atoms with E-state index in [9.17, 15) is 4.79 Å². The van der Waals surface area contributed by atoms with E-state index in [2.05, 4.69) is 4.98 Å². The third-order valence-electron chi connectivity index (χ3n) is 2.93. The Hall–Kier alpha value is -0.900. The van der Waals surface area contributed by atoms with Crippen molar-refractivity contribution in [3.8, 4) is 10.6 Å². The van der Waals surface area contributed by atoms with Gasteiger partial charge in [-0.1, -0.05) is 23.2 Å². The Balaban J connectivity index is 2.13. The van der Waals surface area contributed by atoms with Gasteiger partial charge in [-0.15, -0.1) is 11.3 Å². The van der Waals surface area contributed by atoms with Crippen LogP contribution in [0.1, 0.15) is 28.2 Å². The third kappa shape index (κ3) is 2.07. The lowest BCUT2D eigenvalue weighted by molar-refractivity contribution is 0.0968. The zero-order valence-corrected chi connectivity index (χ0v) is 11.7. The summed E-state index contributed by atoms with van der Waals surface area (Å²) >= 11 is 13.7. The Kier molecular flexibility index (Phi) is 3.14. The molecule has 3 rings (SSSR count). The maximum atomic E-state index is 11.8. The normalized spacial score (nSPS) is 14.7. The molecule has 1 aliphatic carbocycles. The number of carbonyl (C=O) groups is 1. The molecule has 1 aromatic carbocycles. The molecule has 0 atom stereocenters. The van der Waals surface area contributed by atoms with Crippen molar-refractivity contribution in [1.82, 2.24) is 4.98 Å². The number of hydrogen-bond acceptors (Lipinski definition) is 3. The topological polar surface area (TPSA) is 30.0 Å². The first-order chi connectivity index (χ1) is 8.65. The van der Waals surface area contributed by atoms with E-state index in [-0.39, 0.29) is 5.78 Å². The van der Waals surface area contributed by atoms with E-state index >= 15 is 0 Å². The average Bonchev–Trinajstić information content (AvgIpc) is 2.77. The van der Waals surface area contributed by atoms with Crippen LogP contribution in [0.2, 0.25) is 10.0 Å². The lowest BCUT2D eigenvalue weighted by Gasteiger charge is -2.06. The largest absolute Gasteiger partial charge is 0.292 e. The van der Waals surface area contributed by atoms with Gasteiger partial charge in [-0.2, -0.15) is 0 Å². The minimum Gasteiger partial charge on any atom is -0.292 e. The fraction of sp³-hybridized carbons (Fsp3) is 0.231. The highest BCUT2D eigenvalue weighted by molar-refractivity contribution is 7.15. The van der Waals surface area contributed by atoms with Crippen LogP contribution in [0.4, 0.5) is 0 Å². The molecule has 1 aliphatic rings. The van der Waals surface area contributed by atoms with Crippen LogP contribution >= 0.6 is 34.5 Å². The summed E-state index contributed by atoms with van der Waals surface area (Å²) < 4.78 is 0. The molecule has 0 saturated carbocycles. The number of nitrogens with zero attached hydrogens (tertiary/aromatic N) is 1. The molecule has 0 bridgehead atoms. The highest BCUT2D eigenvalue weighted by Gasteiger charge is 2.23. The number of ketones is 1. The van der Waals surface area contributed by atoms with Crippen molar-refractivity contribution in [2.75, 3.05) is 0 Å². The number of halogens is 2. The molecule has 0 saturated heterocycles. The predicted octanol–water partition coefficient (Wildman–Crippen LogP) is 4.64. The molecule has 1 aromatic heterocycles. The van der Waals surface area contributed by atoms with Gasteiger partial charge >= 0.3 is 0 Å². The molecule has 0 unspecified atom stereocenters. The summed E-state index contributed by atoms with van der Waals surface area (Å²) in [5.41, 5.74) is 1.42. The maximum Gasteiger partial charge on any atom is 0.182 e. The second-order valence-corrected chi connectivity index (χ2v) is 6.12. The van der Waals surface area contributed by atoms with Crippen LogP contribution < -0.4 is 0 Å². The Labute approximate surface area is 119 Å². The first-order valence-electron chi connectivity index (χ1n) is 5.63. The number of aryl methyl sites for hydroxylation is 1. The van der Waals surface area contributed by atoms with Gasteiger partial charge in [0.25, 0.3) is 0 Å². The summed E-state index contributed by atoms with van der Waals surface area (Å²) in [5.74, 6) is 0.136. The molecule has 0 spiro atoms. The first-order valence-corrected chi connectivity index (χ1v) is 7.21. The molecule has 18 heavy (non-hydrogen) atoms. The van der Waals surface area contributed by atoms with Crippen LogP contribution in [0.5, 0.6) is 0 Å². The Bertz CT molecular complexity index is 636. The second-order valence-electron chi connectivity index (χ2n) is 4.19. The van der Waals surface area contributed by atoms with Crippen molar-refractivity contribution in [3.05, 3.63) is 38.8 Å². The fourth-order valence-corrected chi connectivity index (χ4v) is 3.63. The van der Waals surface area contributed by atoms with Gasteiger partial charge in [0.05, 0.1) is 5.02 Å². The number of Topliss-reactive ketones (excluding diaryl/α,β-unsaturated/α-hetero) is 1. The van der Waals surface area contributed by atoms with Gasteiger partial charge in [0.2, 0.25) is 0 Å². The third-order valence-corrected chi connectivity index (χ3v) is 4.64. The van der Waals surface area contributed by atoms with Crippen LogP contribution in [0.3, 0.4) is 0 Å². The lowest BCUT2D eigenvalue weighted by Crippen LogP contribution is -2.08. The molecule has 0 radical (unpaired) electrons. The second kappa shape index (κ2) is 4.65. The van der Waals surface area contributed by atoms with Crippen molar-refractivity contribution in [3.63, 3.8) is 0 Å². The van der Waals surface area contributed by atoms with Gasteiger partial charge < -0.3 is 0 Å². The molecule has 0 fully saturated rings. The van der Waals surface area contributed by atoms with Crippen molar-refractivity contribution >= 4 is 40.3 Å². The van der Waals surface area contributed by atoms with Crippen molar-refractivity contribution in [2.24, 2.45) is 0 Å². The summed E-state index contributed by atoms with van der Waals surface area (Å²) in [5, 5.41) is 2.01. The van der Waals surface area contributed by atoms with Gasteiger partial charge in [-0.3, -0.25) is 4.79 Å². The van der Waals surface area contributed by atoms with Gasteiger partial charge in [-0.05, 0) is 31.0 Å². The standard InChI is InChI=1S/C13H9Cl2NOS/c14-7-4-5-9(15)8(6-7)13-16-12-10(17)2-1-3-11(12)18-13/h4-6H,1-3H2. The van der Waals surface area contributed by atoms with E-state index in [1.165, 1.54) is 0 Å². The average molecular weight is 298 g/mol. The van der Waals surface area contributed by atoms with Crippen LogP contribution in [-0.2, 0) is 6.42 Å². The van der Waals surface area contributed by atoms with E-state index in [1.807, 2.05) is 0 Å². The molecule has 0 aliphatic heterocycles. The highest BCUT2D eigenvalue weighted by atomic mass is 35.5. The number of benzene rings is 1. The zero-order valence-electron chi connectivity index (χ0n) is 9.37. The Morgan fingerprint density at radius 2 is 2.06 bits per heavy atom. The number of aromatic nitrogens is 1. The lowest BCUT2D eigenvalue weighted by atomic mass is 10.0. The van der Waals surface area contributed by atoms with E-state index < -0.39 is 0 Å². The summed E-state index contributed by atoms with van der Waals surface area (Å²) in [6.45, 7) is 0. The quantitative estimate of drug-likeness (QED) is 0.768. The van der Waals surface area contributed by atoms with Crippen LogP contribution in [0, 0.1) is 0 Å². The first kappa shape index (κ1) is 12.2. The predicted molar refractivity (Wildman–Crippen MR) is 74.8 cm³/mol. The molecule has 2 nitrogen and oxygen atoms in total. The summed E-state index contributed by atoms with van der Waals surface area (Å²) in [4.78, 5) is 17.3. The Morgan fingerprint density at radius 3 is 2.83 bits per heavy atom. The smallest absolute Gasteiger partial charge is 0.182 e.